The van der Waals surface area contributed by atoms with Gasteiger partial charge in [0.15, 0.2) is 11.6 Å². The predicted octanol–water partition coefficient (Wildman–Crippen LogP) is 2.28. The fourth-order valence-corrected chi connectivity index (χ4v) is 1.68. The van der Waals surface area contributed by atoms with Gasteiger partial charge in [-0.3, -0.25) is 9.59 Å². The lowest BCUT2D eigenvalue weighted by Gasteiger charge is -2.15. The minimum atomic E-state index is 0. The summed E-state index contributed by atoms with van der Waals surface area (Å²) in [6, 6.07) is 0. The van der Waals surface area contributed by atoms with Crippen LogP contribution in [0.3, 0.4) is 0 Å². The average molecular weight is 168 g/mol. The standard InChI is InChI=1S/C10H14O2.H2/c1-7(11)9-5-3-4-6-10(9)8(2)12;/h3-6H2,1-2H3;1H. The Labute approximate surface area is 74.1 Å². The molecule has 0 spiro atoms. The van der Waals surface area contributed by atoms with E-state index in [4.69, 9.17) is 0 Å². The van der Waals surface area contributed by atoms with E-state index in [0.29, 0.717) is 0 Å². The molecular formula is C10H16O2. The molecule has 1 rings (SSSR count). The Morgan fingerprint density at radius 1 is 1.00 bits per heavy atom. The highest BCUT2D eigenvalue weighted by molar-refractivity contribution is 6.04. The van der Waals surface area contributed by atoms with Gasteiger partial charge in [0.25, 0.3) is 0 Å². The largest absolute Gasteiger partial charge is 0.295 e. The summed E-state index contributed by atoms with van der Waals surface area (Å²) in [5, 5.41) is 0. The third-order valence-corrected chi connectivity index (χ3v) is 2.32. The van der Waals surface area contributed by atoms with Crippen LogP contribution in [-0.4, -0.2) is 11.6 Å². The maximum atomic E-state index is 11.1. The van der Waals surface area contributed by atoms with E-state index in [1.165, 1.54) is 0 Å². The molecule has 0 aliphatic heterocycles. The number of carbonyl (C=O) groups excluding carboxylic acids is 2. The van der Waals surface area contributed by atoms with Crippen molar-refractivity contribution in [2.24, 2.45) is 0 Å². The van der Waals surface area contributed by atoms with Crippen molar-refractivity contribution in [3.63, 3.8) is 0 Å². The second kappa shape index (κ2) is 3.65. The molecule has 2 nitrogen and oxygen atoms in total. The summed E-state index contributed by atoms with van der Waals surface area (Å²) < 4.78 is 0. The van der Waals surface area contributed by atoms with Crippen molar-refractivity contribution < 1.29 is 11.0 Å². The summed E-state index contributed by atoms with van der Waals surface area (Å²) in [5.41, 5.74) is 1.54. The van der Waals surface area contributed by atoms with E-state index in [1.54, 1.807) is 13.8 Å². The van der Waals surface area contributed by atoms with Gasteiger partial charge >= 0.3 is 0 Å². The van der Waals surface area contributed by atoms with Gasteiger partial charge in [0, 0.05) is 12.6 Å². The smallest absolute Gasteiger partial charge is 0.156 e. The van der Waals surface area contributed by atoms with E-state index >= 15 is 0 Å². The molecule has 0 saturated heterocycles. The van der Waals surface area contributed by atoms with Gasteiger partial charge in [0.2, 0.25) is 0 Å². The third kappa shape index (κ3) is 1.81. The predicted molar refractivity (Wildman–Crippen MR) is 49.0 cm³/mol. The van der Waals surface area contributed by atoms with Gasteiger partial charge in [-0.2, -0.15) is 0 Å². The van der Waals surface area contributed by atoms with Crippen molar-refractivity contribution in [1.29, 1.82) is 0 Å². The highest BCUT2D eigenvalue weighted by atomic mass is 16.1. The fraction of sp³-hybridized carbons (Fsp3) is 0.600. The van der Waals surface area contributed by atoms with Crippen molar-refractivity contribution in [1.82, 2.24) is 0 Å². The SMILES string of the molecule is CC(=O)C1=C(C(C)=O)CCCC1.[HH]. The zero-order valence-electron chi connectivity index (χ0n) is 7.64. The van der Waals surface area contributed by atoms with Gasteiger partial charge in [0.1, 0.15) is 0 Å². The van der Waals surface area contributed by atoms with Crippen LogP contribution >= 0.6 is 0 Å². The molecule has 0 heterocycles. The molecule has 68 valence electrons. The Balaban J connectivity index is 0.00000144. The normalized spacial score (nSPS) is 17.8. The number of hydrogen-bond acceptors (Lipinski definition) is 2. The third-order valence-electron chi connectivity index (χ3n) is 2.32. The molecule has 1 aliphatic carbocycles. The molecule has 0 aromatic rings. The van der Waals surface area contributed by atoms with Crippen LogP contribution in [-0.2, 0) is 9.59 Å². The topological polar surface area (TPSA) is 34.1 Å². The number of carbonyl (C=O) groups is 2. The lowest BCUT2D eigenvalue weighted by Crippen LogP contribution is -2.11. The van der Waals surface area contributed by atoms with Crippen LogP contribution in [0.1, 0.15) is 41.0 Å². The molecule has 0 fully saturated rings. The Kier molecular flexibility index (Phi) is 2.79. The number of allylic oxidation sites excluding steroid dienone is 2. The van der Waals surface area contributed by atoms with Gasteiger partial charge in [-0.05, 0) is 39.5 Å². The first kappa shape index (κ1) is 9.17. The highest BCUT2D eigenvalue weighted by Gasteiger charge is 2.18. The van der Waals surface area contributed by atoms with E-state index in [2.05, 4.69) is 0 Å². The number of rotatable bonds is 2. The first-order valence-electron chi connectivity index (χ1n) is 4.37. The van der Waals surface area contributed by atoms with E-state index in [9.17, 15) is 9.59 Å². The van der Waals surface area contributed by atoms with E-state index < -0.39 is 0 Å². The van der Waals surface area contributed by atoms with Crippen molar-refractivity contribution in [2.45, 2.75) is 39.5 Å². The average Bonchev–Trinajstić information content (AvgIpc) is 2.04. The summed E-state index contributed by atoms with van der Waals surface area (Å²) in [6.07, 6.45) is 3.69. The number of Topliss-reactive ketones (excluding diaryl/α,β-unsaturated/α-hetero) is 2. The molecule has 0 atom stereocenters. The Morgan fingerprint density at radius 3 is 1.58 bits per heavy atom. The molecular weight excluding hydrogens is 152 g/mol. The first-order valence-corrected chi connectivity index (χ1v) is 4.37. The van der Waals surface area contributed by atoms with Crippen molar-refractivity contribution in [3.8, 4) is 0 Å². The summed E-state index contributed by atoms with van der Waals surface area (Å²) >= 11 is 0. The lowest BCUT2D eigenvalue weighted by molar-refractivity contribution is -0.116. The summed E-state index contributed by atoms with van der Waals surface area (Å²) in [4.78, 5) is 22.2. The zero-order chi connectivity index (χ0) is 9.14. The fourth-order valence-electron chi connectivity index (χ4n) is 1.68. The van der Waals surface area contributed by atoms with Gasteiger partial charge in [-0.15, -0.1) is 0 Å². The van der Waals surface area contributed by atoms with Crippen molar-refractivity contribution in [2.75, 3.05) is 0 Å². The van der Waals surface area contributed by atoms with Gasteiger partial charge in [-0.25, -0.2) is 0 Å². The second-order valence-electron chi connectivity index (χ2n) is 3.28. The summed E-state index contributed by atoms with van der Waals surface area (Å²) in [6.45, 7) is 3.09. The Morgan fingerprint density at radius 2 is 1.33 bits per heavy atom. The molecule has 0 unspecified atom stereocenters. The Bertz CT molecular complexity index is 228. The van der Waals surface area contributed by atoms with Crippen molar-refractivity contribution in [3.05, 3.63) is 11.1 Å². The van der Waals surface area contributed by atoms with Crippen LogP contribution in [0, 0.1) is 0 Å². The molecule has 2 heteroatoms. The van der Waals surface area contributed by atoms with E-state index in [-0.39, 0.29) is 13.0 Å². The number of hydrogen-bond donors (Lipinski definition) is 0. The first-order chi connectivity index (χ1) is 5.63. The van der Waals surface area contributed by atoms with Gasteiger partial charge in [-0.1, -0.05) is 0 Å². The Hall–Kier alpha value is -0.920. The van der Waals surface area contributed by atoms with Crippen LogP contribution in [0.2, 0.25) is 0 Å². The molecule has 0 aromatic carbocycles. The minimum absolute atomic E-state index is 0. The number of ketones is 2. The maximum Gasteiger partial charge on any atom is 0.156 e. The molecule has 0 saturated carbocycles. The molecule has 0 amide bonds. The van der Waals surface area contributed by atoms with Crippen LogP contribution in [0.5, 0.6) is 0 Å². The van der Waals surface area contributed by atoms with Crippen molar-refractivity contribution >= 4 is 11.6 Å². The minimum Gasteiger partial charge on any atom is -0.295 e. The van der Waals surface area contributed by atoms with E-state index in [0.717, 1.165) is 36.8 Å². The lowest BCUT2D eigenvalue weighted by atomic mass is 9.88. The molecule has 0 bridgehead atoms. The molecule has 0 aromatic heterocycles. The van der Waals surface area contributed by atoms with Crippen LogP contribution in [0.25, 0.3) is 0 Å². The van der Waals surface area contributed by atoms with E-state index in [1.807, 2.05) is 0 Å². The summed E-state index contributed by atoms with van der Waals surface area (Å²) in [5.74, 6) is 0.139. The maximum absolute atomic E-state index is 11.1. The van der Waals surface area contributed by atoms with Crippen LogP contribution < -0.4 is 0 Å². The van der Waals surface area contributed by atoms with Gasteiger partial charge in [0.05, 0.1) is 0 Å². The van der Waals surface area contributed by atoms with Gasteiger partial charge < -0.3 is 0 Å². The monoisotopic (exact) mass is 168 g/mol. The van der Waals surface area contributed by atoms with Crippen LogP contribution in [0.4, 0.5) is 0 Å². The second-order valence-corrected chi connectivity index (χ2v) is 3.28. The van der Waals surface area contributed by atoms with Crippen LogP contribution in [0.15, 0.2) is 11.1 Å². The molecule has 0 N–H and O–H groups in total. The highest BCUT2D eigenvalue weighted by Crippen LogP contribution is 2.25. The molecule has 1 aliphatic rings. The quantitative estimate of drug-likeness (QED) is 0.634. The molecule has 0 radical (unpaired) electrons. The summed E-state index contributed by atoms with van der Waals surface area (Å²) in [7, 11) is 0. The zero-order valence-corrected chi connectivity index (χ0v) is 7.64. The molecule has 12 heavy (non-hydrogen) atoms.